The normalized spacial score (nSPS) is 10.4. The lowest BCUT2D eigenvalue weighted by Crippen LogP contribution is -2.23. The molecule has 0 aliphatic carbocycles. The van der Waals surface area contributed by atoms with Crippen LogP contribution in [0.2, 0.25) is 0 Å². The van der Waals surface area contributed by atoms with E-state index in [2.05, 4.69) is 22.7 Å². The first-order valence-electron chi connectivity index (χ1n) is 6.52. The minimum absolute atomic E-state index is 0.0973. The molecule has 0 bridgehead atoms. The summed E-state index contributed by atoms with van der Waals surface area (Å²) >= 11 is 4.63. The highest BCUT2D eigenvalue weighted by molar-refractivity contribution is 7.80. The fraction of sp³-hybridized carbons (Fsp3) is 0.0625. The zero-order chi connectivity index (χ0) is 15.9. The molecule has 0 aliphatic rings. The molecule has 0 amide bonds. The van der Waals surface area contributed by atoms with Gasteiger partial charge in [-0.05, 0) is 60.6 Å². The van der Waals surface area contributed by atoms with Gasteiger partial charge in [0, 0.05) is 0 Å². The van der Waals surface area contributed by atoms with E-state index in [4.69, 9.17) is 10.5 Å². The average molecular weight is 313 g/mol. The maximum absolute atomic E-state index is 12.1. The van der Waals surface area contributed by atoms with Gasteiger partial charge in [0.15, 0.2) is 5.11 Å². The Labute approximate surface area is 133 Å². The number of hydrazone groups is 1. The number of ether oxygens (including phenoxy) is 1. The van der Waals surface area contributed by atoms with E-state index in [0.717, 1.165) is 11.1 Å². The van der Waals surface area contributed by atoms with Gasteiger partial charge >= 0.3 is 5.97 Å². The van der Waals surface area contributed by atoms with Gasteiger partial charge in [-0.1, -0.05) is 18.2 Å². The van der Waals surface area contributed by atoms with Gasteiger partial charge in [-0.15, -0.1) is 0 Å². The van der Waals surface area contributed by atoms with E-state index in [1.54, 1.807) is 42.6 Å². The molecule has 6 heteroatoms. The first kappa shape index (κ1) is 15.7. The molecule has 0 heterocycles. The van der Waals surface area contributed by atoms with Gasteiger partial charge in [0.1, 0.15) is 5.75 Å². The lowest BCUT2D eigenvalue weighted by atomic mass is 10.1. The van der Waals surface area contributed by atoms with Crippen LogP contribution in [0.15, 0.2) is 53.6 Å². The van der Waals surface area contributed by atoms with Crippen molar-refractivity contribution in [1.82, 2.24) is 5.43 Å². The highest BCUT2D eigenvalue weighted by atomic mass is 32.1. The minimum Gasteiger partial charge on any atom is -0.423 e. The highest BCUT2D eigenvalue weighted by Gasteiger charge is 2.10. The zero-order valence-electron chi connectivity index (χ0n) is 11.9. The number of aryl methyl sites for hydroxylation is 1. The van der Waals surface area contributed by atoms with Crippen LogP contribution < -0.4 is 15.9 Å². The molecule has 0 radical (unpaired) electrons. The number of benzene rings is 2. The number of hydrogen-bond acceptors (Lipinski definition) is 4. The van der Waals surface area contributed by atoms with Gasteiger partial charge in [-0.2, -0.15) is 5.10 Å². The van der Waals surface area contributed by atoms with E-state index < -0.39 is 0 Å². The molecule has 0 spiro atoms. The van der Waals surface area contributed by atoms with Gasteiger partial charge in [0.25, 0.3) is 0 Å². The summed E-state index contributed by atoms with van der Waals surface area (Å²) in [6.07, 6.45) is 1.56. The Hall–Kier alpha value is -2.73. The van der Waals surface area contributed by atoms with Crippen molar-refractivity contribution in [3.63, 3.8) is 0 Å². The molecule has 3 N–H and O–H groups in total. The number of nitrogens with zero attached hydrogens (tertiary/aromatic N) is 1. The molecule has 112 valence electrons. The quantitative estimate of drug-likeness (QED) is 0.298. The molecule has 0 atom stereocenters. The number of carbonyl (C=O) groups is 1. The number of nitrogens with one attached hydrogen (secondary N) is 1. The molecule has 22 heavy (non-hydrogen) atoms. The first-order chi connectivity index (χ1) is 10.6. The van der Waals surface area contributed by atoms with E-state index in [1.165, 1.54) is 0 Å². The van der Waals surface area contributed by atoms with Crippen molar-refractivity contribution in [3.05, 3.63) is 65.2 Å². The molecule has 0 unspecified atom stereocenters. The van der Waals surface area contributed by atoms with Crippen molar-refractivity contribution in [2.75, 3.05) is 0 Å². The Morgan fingerprint density at radius 3 is 2.55 bits per heavy atom. The Morgan fingerprint density at radius 2 is 1.91 bits per heavy atom. The Morgan fingerprint density at radius 1 is 1.23 bits per heavy atom. The van der Waals surface area contributed by atoms with Crippen molar-refractivity contribution in [2.24, 2.45) is 10.8 Å². The van der Waals surface area contributed by atoms with E-state index in [1.807, 2.05) is 19.1 Å². The van der Waals surface area contributed by atoms with Gasteiger partial charge in [0.05, 0.1) is 11.8 Å². The third-order valence-electron chi connectivity index (χ3n) is 2.84. The molecule has 0 saturated heterocycles. The molecule has 2 aromatic rings. The van der Waals surface area contributed by atoms with Crippen molar-refractivity contribution in [2.45, 2.75) is 6.92 Å². The standard InChI is InChI=1S/C16H15N3O2S/c1-11-4-2-3-5-14(11)15(20)21-13-8-6-12(7-9-13)10-18-19-16(17)22/h2-10H,1H3,(H3,17,19,22)/b18-10-. The van der Waals surface area contributed by atoms with Gasteiger partial charge in [-0.25, -0.2) is 4.79 Å². The number of hydrogen-bond donors (Lipinski definition) is 2. The van der Waals surface area contributed by atoms with E-state index >= 15 is 0 Å². The Balaban J connectivity index is 2.02. The smallest absolute Gasteiger partial charge is 0.343 e. The van der Waals surface area contributed by atoms with Crippen LogP contribution in [0.5, 0.6) is 5.75 Å². The van der Waals surface area contributed by atoms with E-state index in [0.29, 0.717) is 11.3 Å². The fourth-order valence-corrected chi connectivity index (χ4v) is 1.81. The van der Waals surface area contributed by atoms with Gasteiger partial charge in [-0.3, -0.25) is 5.43 Å². The van der Waals surface area contributed by atoms with Gasteiger partial charge in [0.2, 0.25) is 0 Å². The lowest BCUT2D eigenvalue weighted by molar-refractivity contribution is 0.0734. The summed E-state index contributed by atoms with van der Waals surface area (Å²) in [5, 5.41) is 3.94. The summed E-state index contributed by atoms with van der Waals surface area (Å²) in [6.45, 7) is 1.87. The lowest BCUT2D eigenvalue weighted by Gasteiger charge is -2.06. The van der Waals surface area contributed by atoms with Gasteiger partial charge < -0.3 is 10.5 Å². The molecule has 0 aliphatic heterocycles. The molecule has 2 rings (SSSR count). The van der Waals surface area contributed by atoms with Crippen LogP contribution in [0, 0.1) is 6.92 Å². The number of esters is 1. The summed E-state index contributed by atoms with van der Waals surface area (Å²) in [5.74, 6) is 0.0855. The molecule has 0 saturated carbocycles. The summed E-state index contributed by atoms with van der Waals surface area (Å²) < 4.78 is 5.34. The predicted molar refractivity (Wildman–Crippen MR) is 90.1 cm³/mol. The monoisotopic (exact) mass is 313 g/mol. The molecule has 2 aromatic carbocycles. The summed E-state index contributed by atoms with van der Waals surface area (Å²) in [7, 11) is 0. The minimum atomic E-state index is -0.380. The second kappa shape index (κ2) is 7.33. The number of rotatable bonds is 4. The number of thiocarbonyl (C=S) groups is 1. The van der Waals surface area contributed by atoms with Crippen LogP contribution in [0.25, 0.3) is 0 Å². The third kappa shape index (κ3) is 4.39. The maximum atomic E-state index is 12.1. The van der Waals surface area contributed by atoms with Crippen LogP contribution in [0.3, 0.4) is 0 Å². The SMILES string of the molecule is Cc1ccccc1C(=O)Oc1ccc(/C=N\NC(N)=S)cc1. The van der Waals surface area contributed by atoms with Crippen molar-refractivity contribution in [1.29, 1.82) is 0 Å². The Bertz CT molecular complexity index is 712. The largest absolute Gasteiger partial charge is 0.423 e. The van der Waals surface area contributed by atoms with Crippen LogP contribution in [0.4, 0.5) is 0 Å². The second-order valence-electron chi connectivity index (χ2n) is 4.51. The molecular weight excluding hydrogens is 298 g/mol. The summed E-state index contributed by atoms with van der Waals surface area (Å²) in [5.41, 5.74) is 9.96. The number of carbonyl (C=O) groups excluding carboxylic acids is 1. The first-order valence-corrected chi connectivity index (χ1v) is 6.93. The highest BCUT2D eigenvalue weighted by Crippen LogP contribution is 2.15. The number of nitrogens with two attached hydrogens (primary N) is 1. The van der Waals surface area contributed by atoms with Crippen LogP contribution >= 0.6 is 12.2 Å². The molecule has 0 aromatic heterocycles. The summed E-state index contributed by atoms with van der Waals surface area (Å²) in [4.78, 5) is 12.1. The van der Waals surface area contributed by atoms with Crippen LogP contribution in [-0.2, 0) is 0 Å². The van der Waals surface area contributed by atoms with Crippen molar-refractivity contribution in [3.8, 4) is 5.75 Å². The van der Waals surface area contributed by atoms with Crippen molar-refractivity contribution < 1.29 is 9.53 Å². The second-order valence-corrected chi connectivity index (χ2v) is 4.95. The van der Waals surface area contributed by atoms with Crippen molar-refractivity contribution >= 4 is 29.5 Å². The molecule has 5 nitrogen and oxygen atoms in total. The summed E-state index contributed by atoms with van der Waals surface area (Å²) in [6, 6.07) is 14.2. The van der Waals surface area contributed by atoms with E-state index in [-0.39, 0.29) is 11.1 Å². The molecular formula is C16H15N3O2S. The third-order valence-corrected chi connectivity index (χ3v) is 2.94. The average Bonchev–Trinajstić information content (AvgIpc) is 2.49. The topological polar surface area (TPSA) is 76.7 Å². The maximum Gasteiger partial charge on any atom is 0.343 e. The van der Waals surface area contributed by atoms with Crippen LogP contribution in [0.1, 0.15) is 21.5 Å². The zero-order valence-corrected chi connectivity index (χ0v) is 12.8. The van der Waals surface area contributed by atoms with Crippen LogP contribution in [-0.4, -0.2) is 17.3 Å². The Kier molecular flexibility index (Phi) is 5.21. The predicted octanol–water partition coefficient (Wildman–Crippen LogP) is 2.38. The fourth-order valence-electron chi connectivity index (χ4n) is 1.76. The van der Waals surface area contributed by atoms with E-state index in [9.17, 15) is 4.79 Å². The molecule has 0 fully saturated rings.